The second kappa shape index (κ2) is 17.1. The Morgan fingerprint density at radius 2 is 1.26 bits per heavy atom. The van der Waals surface area contributed by atoms with Crippen LogP contribution in [0, 0.1) is 26.6 Å². The second-order valence-corrected chi connectivity index (χ2v) is 7.04. The maximum atomic E-state index is 12.7. The highest BCUT2D eigenvalue weighted by Crippen LogP contribution is 2.14. The number of fused-ring (bicyclic) bond motifs is 1. The van der Waals surface area contributed by atoms with E-state index in [1.165, 1.54) is 34.8 Å². The van der Waals surface area contributed by atoms with Gasteiger partial charge in [-0.15, -0.1) is 0 Å². The molecule has 3 aromatic carbocycles. The fraction of sp³-hybridized carbons (Fsp3) is 0.333. The third kappa shape index (κ3) is 11.3. The van der Waals surface area contributed by atoms with E-state index >= 15 is 0 Å². The Labute approximate surface area is 190 Å². The summed E-state index contributed by atoms with van der Waals surface area (Å²) in [7, 11) is 0. The summed E-state index contributed by atoms with van der Waals surface area (Å²) in [5, 5.41) is 2.64. The fourth-order valence-electron chi connectivity index (χ4n) is 2.83. The van der Waals surface area contributed by atoms with E-state index in [1.807, 2.05) is 33.8 Å². The maximum absolute atomic E-state index is 12.7. The van der Waals surface area contributed by atoms with Gasteiger partial charge in [0.1, 0.15) is 5.82 Å². The van der Waals surface area contributed by atoms with Gasteiger partial charge in [0.25, 0.3) is 0 Å². The van der Waals surface area contributed by atoms with Crippen LogP contribution < -0.4 is 0 Å². The van der Waals surface area contributed by atoms with Crippen molar-refractivity contribution in [2.24, 2.45) is 0 Å². The topological polar surface area (TPSA) is 0 Å². The molecule has 0 N–H and O–H groups in total. The van der Waals surface area contributed by atoms with Gasteiger partial charge in [0.05, 0.1) is 0 Å². The van der Waals surface area contributed by atoms with Crippen molar-refractivity contribution in [3.63, 3.8) is 0 Å². The average molecular weight is 421 g/mol. The van der Waals surface area contributed by atoms with Crippen LogP contribution in [0.15, 0.2) is 84.5 Å². The standard InChI is InChI=1S/C11H10.C8H9F.C7H10.2C2H6/c1-9-6-7-10-4-2-3-5-11(10)8-9;1-6-4-3-5-7(2)8(6)9;1-7-5-3-2-4-6-7;2*1-2/h2-8H,1H3;3-5H,1-2H3;2-3,5H,4,6H2,1H3;2*1-2H3. The lowest BCUT2D eigenvalue weighted by molar-refractivity contribution is 0.609. The minimum absolute atomic E-state index is 0.0856. The molecule has 31 heavy (non-hydrogen) atoms. The van der Waals surface area contributed by atoms with Gasteiger partial charge in [-0.2, -0.15) is 0 Å². The highest BCUT2D eigenvalue weighted by atomic mass is 19.1. The van der Waals surface area contributed by atoms with Crippen molar-refractivity contribution in [2.75, 3.05) is 0 Å². The normalized spacial score (nSPS) is 11.2. The largest absolute Gasteiger partial charge is 0.206 e. The summed E-state index contributed by atoms with van der Waals surface area (Å²) < 4.78 is 12.7. The molecule has 168 valence electrons. The summed E-state index contributed by atoms with van der Waals surface area (Å²) in [4.78, 5) is 0. The first-order chi connectivity index (χ1) is 15.0. The lowest BCUT2D eigenvalue weighted by Gasteiger charge is -1.98. The van der Waals surface area contributed by atoms with E-state index in [-0.39, 0.29) is 5.82 Å². The smallest absolute Gasteiger partial charge is 0.129 e. The third-order valence-electron chi connectivity index (χ3n) is 4.51. The first kappa shape index (κ1) is 28.3. The van der Waals surface area contributed by atoms with Gasteiger partial charge in [0.2, 0.25) is 0 Å². The monoisotopic (exact) mass is 420 g/mol. The predicted octanol–water partition coefficient (Wildman–Crippen LogP) is 9.93. The molecule has 1 aliphatic carbocycles. The molecule has 0 spiro atoms. The number of hydrogen-bond acceptors (Lipinski definition) is 0. The molecule has 0 nitrogen and oxygen atoms in total. The molecule has 0 aliphatic heterocycles. The highest BCUT2D eigenvalue weighted by molar-refractivity contribution is 5.82. The van der Waals surface area contributed by atoms with Crippen molar-refractivity contribution in [2.45, 2.75) is 68.2 Å². The fourth-order valence-corrected chi connectivity index (χ4v) is 2.83. The highest BCUT2D eigenvalue weighted by Gasteiger charge is 1.96. The number of benzene rings is 3. The molecule has 0 amide bonds. The minimum atomic E-state index is -0.0856. The minimum Gasteiger partial charge on any atom is -0.206 e. The van der Waals surface area contributed by atoms with Gasteiger partial charge in [0.15, 0.2) is 0 Å². The Kier molecular flexibility index (Phi) is 15.6. The van der Waals surface area contributed by atoms with Gasteiger partial charge in [-0.3, -0.25) is 0 Å². The summed E-state index contributed by atoms with van der Waals surface area (Å²) in [6.45, 7) is 15.8. The molecular weight excluding hydrogens is 379 g/mol. The van der Waals surface area contributed by atoms with Gasteiger partial charge in [0, 0.05) is 0 Å². The van der Waals surface area contributed by atoms with Crippen molar-refractivity contribution in [3.05, 3.63) is 107 Å². The van der Waals surface area contributed by atoms with Gasteiger partial charge in [-0.1, -0.05) is 118 Å². The second-order valence-electron chi connectivity index (χ2n) is 7.04. The van der Waals surface area contributed by atoms with Crippen LogP contribution >= 0.6 is 0 Å². The van der Waals surface area contributed by atoms with E-state index < -0.39 is 0 Å². The Morgan fingerprint density at radius 3 is 1.71 bits per heavy atom. The summed E-state index contributed by atoms with van der Waals surface area (Å²) in [6, 6.07) is 20.3. The van der Waals surface area contributed by atoms with Gasteiger partial charge < -0.3 is 0 Å². The van der Waals surface area contributed by atoms with Gasteiger partial charge in [-0.05, 0) is 62.4 Å². The van der Waals surface area contributed by atoms with Crippen LogP contribution in [0.1, 0.15) is 64.2 Å². The molecule has 0 unspecified atom stereocenters. The molecule has 1 aliphatic rings. The van der Waals surface area contributed by atoms with E-state index in [0.717, 1.165) is 11.1 Å². The van der Waals surface area contributed by atoms with Crippen molar-refractivity contribution in [1.82, 2.24) is 0 Å². The lowest BCUT2D eigenvalue weighted by atomic mass is 10.1. The number of hydrogen-bond donors (Lipinski definition) is 0. The van der Waals surface area contributed by atoms with Crippen LogP contribution in [0.25, 0.3) is 10.8 Å². The number of rotatable bonds is 0. The Hall–Kier alpha value is -2.67. The van der Waals surface area contributed by atoms with Crippen LogP contribution in [-0.2, 0) is 0 Å². The molecule has 0 atom stereocenters. The summed E-state index contributed by atoms with van der Waals surface area (Å²) in [6.07, 6.45) is 8.99. The SMILES string of the molecule is CC.CC.CC1=CC=CCC1.Cc1ccc2ccccc2c1.Cc1cccc(C)c1F. The first-order valence-electron chi connectivity index (χ1n) is 11.5. The maximum Gasteiger partial charge on any atom is 0.129 e. The van der Waals surface area contributed by atoms with E-state index in [0.29, 0.717) is 0 Å². The Balaban J connectivity index is 0.000000411. The lowest BCUT2D eigenvalue weighted by Crippen LogP contribution is -1.84. The van der Waals surface area contributed by atoms with E-state index in [1.54, 1.807) is 26.0 Å². The molecule has 0 saturated heterocycles. The van der Waals surface area contributed by atoms with Crippen molar-refractivity contribution >= 4 is 10.8 Å². The third-order valence-corrected chi connectivity index (χ3v) is 4.51. The van der Waals surface area contributed by atoms with E-state index in [9.17, 15) is 4.39 Å². The van der Waals surface area contributed by atoms with Crippen LogP contribution in [0.4, 0.5) is 4.39 Å². The van der Waals surface area contributed by atoms with Crippen LogP contribution in [0.5, 0.6) is 0 Å². The summed E-state index contributed by atoms with van der Waals surface area (Å²) in [5.74, 6) is -0.0856. The molecule has 3 aromatic rings. The van der Waals surface area contributed by atoms with Crippen LogP contribution in [0.3, 0.4) is 0 Å². The van der Waals surface area contributed by atoms with Crippen LogP contribution in [-0.4, -0.2) is 0 Å². The number of aryl methyl sites for hydroxylation is 3. The predicted molar refractivity (Wildman–Crippen MR) is 139 cm³/mol. The molecule has 0 bridgehead atoms. The van der Waals surface area contributed by atoms with E-state index in [2.05, 4.69) is 74.5 Å². The molecule has 1 heteroatoms. The number of allylic oxidation sites excluding steroid dienone is 4. The molecule has 0 aromatic heterocycles. The van der Waals surface area contributed by atoms with Gasteiger partial charge >= 0.3 is 0 Å². The van der Waals surface area contributed by atoms with Gasteiger partial charge in [-0.25, -0.2) is 4.39 Å². The van der Waals surface area contributed by atoms with Crippen LogP contribution in [0.2, 0.25) is 0 Å². The summed E-state index contributed by atoms with van der Waals surface area (Å²) in [5.41, 5.74) is 4.26. The van der Waals surface area contributed by atoms with Crippen molar-refractivity contribution < 1.29 is 4.39 Å². The molecule has 0 heterocycles. The molecular formula is C30H41F. The zero-order valence-electron chi connectivity index (χ0n) is 20.8. The quantitative estimate of drug-likeness (QED) is 0.339. The molecule has 0 radical (unpaired) electrons. The van der Waals surface area contributed by atoms with Crippen molar-refractivity contribution in [3.8, 4) is 0 Å². The molecule has 0 fully saturated rings. The Bertz CT molecular complexity index is 912. The molecule has 0 saturated carbocycles. The zero-order valence-corrected chi connectivity index (χ0v) is 20.8. The Morgan fingerprint density at radius 1 is 0.677 bits per heavy atom. The van der Waals surface area contributed by atoms with E-state index in [4.69, 9.17) is 0 Å². The molecule has 4 rings (SSSR count). The zero-order chi connectivity index (χ0) is 23.6. The number of halogens is 1. The first-order valence-corrected chi connectivity index (χ1v) is 11.5. The van der Waals surface area contributed by atoms with Crippen molar-refractivity contribution in [1.29, 1.82) is 0 Å². The average Bonchev–Trinajstić information content (AvgIpc) is 2.81. The summed E-state index contributed by atoms with van der Waals surface area (Å²) >= 11 is 0.